The molecule has 0 saturated carbocycles. The van der Waals surface area contributed by atoms with Crippen LogP contribution in [0.4, 0.5) is 10.1 Å². The number of aromatic carboxylic acids is 1. The molecular weight excluding hydrogens is 185 g/mol. The summed E-state index contributed by atoms with van der Waals surface area (Å²) in [4.78, 5) is 10.4. The Morgan fingerprint density at radius 1 is 1.58 bits per heavy atom. The van der Waals surface area contributed by atoms with Gasteiger partial charge in [-0.15, -0.1) is 0 Å². The van der Waals surface area contributed by atoms with Crippen molar-refractivity contribution < 1.29 is 14.3 Å². The zero-order chi connectivity index (χ0) is 9.30. The lowest BCUT2D eigenvalue weighted by Crippen LogP contribution is -2.03. The monoisotopic (exact) mass is 189 g/mol. The normalized spacial score (nSPS) is 9.83. The first-order chi connectivity index (χ1) is 5.54. The Labute approximate surface area is 72.6 Å². The van der Waals surface area contributed by atoms with Crippen LogP contribution >= 0.6 is 11.6 Å². The number of halogens is 2. The van der Waals surface area contributed by atoms with Crippen LogP contribution in [-0.2, 0) is 0 Å². The minimum atomic E-state index is -1.23. The maximum absolute atomic E-state index is 12.6. The molecule has 0 heterocycles. The predicted molar refractivity (Wildman–Crippen MR) is 42.8 cm³/mol. The van der Waals surface area contributed by atoms with E-state index in [2.05, 4.69) is 0 Å². The van der Waals surface area contributed by atoms with E-state index in [1.165, 1.54) is 0 Å². The molecule has 0 spiro atoms. The molecule has 0 unspecified atom stereocenters. The van der Waals surface area contributed by atoms with Crippen LogP contribution in [0.2, 0.25) is 5.02 Å². The maximum atomic E-state index is 12.6. The smallest absolute Gasteiger partial charge is 0.337 e. The summed E-state index contributed by atoms with van der Waals surface area (Å²) in [5.74, 6) is -1.95. The highest BCUT2D eigenvalue weighted by molar-refractivity contribution is 6.34. The molecular formula is C7H5ClFNO2. The van der Waals surface area contributed by atoms with Crippen LogP contribution in [0.3, 0.4) is 0 Å². The zero-order valence-electron chi connectivity index (χ0n) is 5.84. The van der Waals surface area contributed by atoms with E-state index in [-0.39, 0.29) is 16.3 Å². The highest BCUT2D eigenvalue weighted by Gasteiger charge is 2.13. The van der Waals surface area contributed by atoms with Gasteiger partial charge in [-0.25, -0.2) is 9.18 Å². The first-order valence-electron chi connectivity index (χ1n) is 3.01. The molecule has 3 N–H and O–H groups in total. The quantitative estimate of drug-likeness (QED) is 0.662. The van der Waals surface area contributed by atoms with Crippen molar-refractivity contribution in [3.8, 4) is 0 Å². The molecule has 0 atom stereocenters. The standard InChI is InChI=1S/C7H5ClFNO2/c8-5-4(9)2-1-3(6(5)10)7(11)12/h1-2H,10H2,(H,11,12). The van der Waals surface area contributed by atoms with E-state index in [1.54, 1.807) is 0 Å². The second-order valence-corrected chi connectivity index (χ2v) is 2.51. The molecule has 0 saturated heterocycles. The second-order valence-electron chi connectivity index (χ2n) is 2.13. The van der Waals surface area contributed by atoms with Gasteiger partial charge >= 0.3 is 5.97 Å². The van der Waals surface area contributed by atoms with Crippen LogP contribution in [0.1, 0.15) is 10.4 Å². The van der Waals surface area contributed by atoms with E-state index in [0.717, 1.165) is 12.1 Å². The predicted octanol–water partition coefficient (Wildman–Crippen LogP) is 1.76. The van der Waals surface area contributed by atoms with E-state index < -0.39 is 11.8 Å². The van der Waals surface area contributed by atoms with Gasteiger partial charge in [-0.3, -0.25) is 0 Å². The van der Waals surface area contributed by atoms with Gasteiger partial charge in [0.1, 0.15) is 10.8 Å². The molecule has 64 valence electrons. The summed E-state index contributed by atoms with van der Waals surface area (Å²) in [5, 5.41) is 8.17. The Morgan fingerprint density at radius 3 is 2.67 bits per heavy atom. The Hall–Kier alpha value is -1.29. The number of carbonyl (C=O) groups is 1. The molecule has 1 aromatic rings. The number of carboxylic acid groups (broad SMARTS) is 1. The number of benzene rings is 1. The van der Waals surface area contributed by atoms with Crippen molar-refractivity contribution in [3.05, 3.63) is 28.5 Å². The summed E-state index contributed by atoms with van der Waals surface area (Å²) < 4.78 is 12.6. The lowest BCUT2D eigenvalue weighted by molar-refractivity contribution is 0.0698. The maximum Gasteiger partial charge on any atom is 0.337 e. The fourth-order valence-corrected chi connectivity index (χ4v) is 0.918. The van der Waals surface area contributed by atoms with Crippen LogP contribution in [0, 0.1) is 5.82 Å². The molecule has 0 aliphatic heterocycles. The zero-order valence-corrected chi connectivity index (χ0v) is 6.60. The number of nitrogens with two attached hydrogens (primary N) is 1. The largest absolute Gasteiger partial charge is 0.478 e. The fourth-order valence-electron chi connectivity index (χ4n) is 0.753. The van der Waals surface area contributed by atoms with Gasteiger partial charge < -0.3 is 10.8 Å². The molecule has 3 nitrogen and oxygen atoms in total. The average Bonchev–Trinajstić information content (AvgIpc) is 2.00. The number of carboxylic acids is 1. The van der Waals surface area contributed by atoms with Crippen molar-refractivity contribution in [2.24, 2.45) is 0 Å². The minimum absolute atomic E-state index is 0.193. The Bertz CT molecular complexity index is 340. The Balaban J connectivity index is 3.36. The molecule has 0 radical (unpaired) electrons. The van der Waals surface area contributed by atoms with Crippen LogP contribution in [0.25, 0.3) is 0 Å². The van der Waals surface area contributed by atoms with Crippen LogP contribution < -0.4 is 5.73 Å². The SMILES string of the molecule is Nc1c(C(=O)O)ccc(F)c1Cl. The van der Waals surface area contributed by atoms with Crippen molar-refractivity contribution in [2.75, 3.05) is 5.73 Å². The Morgan fingerprint density at radius 2 is 2.17 bits per heavy atom. The summed E-state index contributed by atoms with van der Waals surface area (Å²) in [6.07, 6.45) is 0. The lowest BCUT2D eigenvalue weighted by Gasteiger charge is -2.02. The van der Waals surface area contributed by atoms with Crippen molar-refractivity contribution in [1.82, 2.24) is 0 Å². The third-order valence-electron chi connectivity index (χ3n) is 1.36. The van der Waals surface area contributed by atoms with Gasteiger partial charge in [-0.05, 0) is 12.1 Å². The van der Waals surface area contributed by atoms with Gasteiger partial charge in [0, 0.05) is 0 Å². The van der Waals surface area contributed by atoms with E-state index >= 15 is 0 Å². The van der Waals surface area contributed by atoms with Crippen molar-refractivity contribution in [2.45, 2.75) is 0 Å². The fraction of sp³-hybridized carbons (Fsp3) is 0. The van der Waals surface area contributed by atoms with Gasteiger partial charge in [0.25, 0.3) is 0 Å². The lowest BCUT2D eigenvalue weighted by atomic mass is 10.2. The van der Waals surface area contributed by atoms with Gasteiger partial charge in [0.2, 0.25) is 0 Å². The summed E-state index contributed by atoms with van der Waals surface area (Å²) in [6.45, 7) is 0. The average molecular weight is 190 g/mol. The molecule has 12 heavy (non-hydrogen) atoms. The molecule has 0 amide bonds. The second kappa shape index (κ2) is 2.98. The van der Waals surface area contributed by atoms with Crippen LogP contribution in [0.15, 0.2) is 12.1 Å². The Kier molecular flexibility index (Phi) is 2.19. The molecule has 1 rings (SSSR count). The molecule has 5 heteroatoms. The van der Waals surface area contributed by atoms with E-state index in [9.17, 15) is 9.18 Å². The summed E-state index contributed by atoms with van der Waals surface area (Å²) in [7, 11) is 0. The summed E-state index contributed by atoms with van der Waals surface area (Å²) >= 11 is 5.36. The van der Waals surface area contributed by atoms with E-state index in [1.807, 2.05) is 0 Å². The number of hydrogen-bond acceptors (Lipinski definition) is 2. The van der Waals surface area contributed by atoms with Crippen molar-refractivity contribution in [3.63, 3.8) is 0 Å². The highest BCUT2D eigenvalue weighted by Crippen LogP contribution is 2.25. The summed E-state index contributed by atoms with van der Waals surface area (Å²) in [6, 6.07) is 2.03. The van der Waals surface area contributed by atoms with Gasteiger partial charge in [-0.1, -0.05) is 11.6 Å². The molecule has 0 bridgehead atoms. The van der Waals surface area contributed by atoms with Gasteiger partial charge in [0.15, 0.2) is 0 Å². The number of nitrogen functional groups attached to an aromatic ring is 1. The van der Waals surface area contributed by atoms with Crippen LogP contribution in [-0.4, -0.2) is 11.1 Å². The van der Waals surface area contributed by atoms with E-state index in [0.29, 0.717) is 0 Å². The topological polar surface area (TPSA) is 63.3 Å². The first kappa shape index (κ1) is 8.80. The van der Waals surface area contributed by atoms with Crippen molar-refractivity contribution >= 4 is 23.3 Å². The molecule has 0 aliphatic carbocycles. The third-order valence-corrected chi connectivity index (χ3v) is 1.75. The number of hydrogen-bond donors (Lipinski definition) is 2. The molecule has 0 aromatic heterocycles. The summed E-state index contributed by atoms with van der Waals surface area (Å²) in [5.41, 5.74) is 4.79. The highest BCUT2D eigenvalue weighted by atomic mass is 35.5. The van der Waals surface area contributed by atoms with Gasteiger partial charge in [-0.2, -0.15) is 0 Å². The van der Waals surface area contributed by atoms with Crippen LogP contribution in [0.5, 0.6) is 0 Å². The molecule has 0 fully saturated rings. The third kappa shape index (κ3) is 1.33. The number of anilines is 1. The number of rotatable bonds is 1. The molecule has 0 aliphatic rings. The van der Waals surface area contributed by atoms with Gasteiger partial charge in [0.05, 0.1) is 11.3 Å². The minimum Gasteiger partial charge on any atom is -0.478 e. The first-order valence-corrected chi connectivity index (χ1v) is 3.38. The molecule has 1 aromatic carbocycles. The van der Waals surface area contributed by atoms with Crippen molar-refractivity contribution in [1.29, 1.82) is 0 Å². The van der Waals surface area contributed by atoms with E-state index in [4.69, 9.17) is 22.4 Å².